The van der Waals surface area contributed by atoms with Crippen LogP contribution in [0.1, 0.15) is 38.8 Å². The molecule has 2 rings (SSSR count). The molecule has 4 atom stereocenters. The summed E-state index contributed by atoms with van der Waals surface area (Å²) in [5.74, 6) is 0.949. The van der Waals surface area contributed by atoms with Crippen molar-refractivity contribution in [2.75, 3.05) is 20.2 Å². The average Bonchev–Trinajstić information content (AvgIpc) is 2.46. The number of nitrogens with zero attached hydrogens (tertiary/aromatic N) is 1. The van der Waals surface area contributed by atoms with Crippen molar-refractivity contribution in [3.63, 3.8) is 0 Å². The van der Waals surface area contributed by atoms with Crippen molar-refractivity contribution in [1.29, 1.82) is 0 Å². The van der Waals surface area contributed by atoms with Gasteiger partial charge in [0.1, 0.15) is 5.75 Å². The molecule has 0 amide bonds. The van der Waals surface area contributed by atoms with Gasteiger partial charge in [-0.1, -0.05) is 39.0 Å². The van der Waals surface area contributed by atoms with Gasteiger partial charge in [-0.15, -0.1) is 0 Å². The van der Waals surface area contributed by atoms with E-state index in [1.165, 1.54) is 5.56 Å². The van der Waals surface area contributed by atoms with Crippen LogP contribution >= 0.6 is 11.8 Å². The predicted octanol–water partition coefficient (Wildman–Crippen LogP) is 3.30. The zero-order chi connectivity index (χ0) is 15.4. The number of rotatable bonds is 5. The van der Waals surface area contributed by atoms with Crippen LogP contribution in [0.4, 0.5) is 0 Å². The molecule has 0 aliphatic carbocycles. The maximum atomic E-state index is 6.49. The van der Waals surface area contributed by atoms with E-state index in [1.807, 2.05) is 12.1 Å². The number of thioether (sulfide) groups is 1. The number of hydrogen-bond donors (Lipinski definition) is 1. The molecule has 0 radical (unpaired) electrons. The molecule has 118 valence electrons. The maximum Gasteiger partial charge on any atom is 0.123 e. The van der Waals surface area contributed by atoms with E-state index < -0.39 is 0 Å². The highest BCUT2D eigenvalue weighted by Crippen LogP contribution is 2.36. The highest BCUT2D eigenvalue weighted by molar-refractivity contribution is 8.00. The van der Waals surface area contributed by atoms with Crippen LogP contribution in [0.15, 0.2) is 24.3 Å². The van der Waals surface area contributed by atoms with Gasteiger partial charge in [0.25, 0.3) is 0 Å². The summed E-state index contributed by atoms with van der Waals surface area (Å²) in [5.41, 5.74) is 7.71. The van der Waals surface area contributed by atoms with Crippen LogP contribution in [-0.4, -0.2) is 41.6 Å². The number of hydrogen-bond acceptors (Lipinski definition) is 4. The van der Waals surface area contributed by atoms with Crippen LogP contribution in [0, 0.1) is 0 Å². The van der Waals surface area contributed by atoms with Crippen LogP contribution in [-0.2, 0) is 0 Å². The van der Waals surface area contributed by atoms with Gasteiger partial charge < -0.3 is 10.5 Å². The molecule has 3 nitrogen and oxygen atoms in total. The smallest absolute Gasteiger partial charge is 0.123 e. The Morgan fingerprint density at radius 1 is 1.29 bits per heavy atom. The number of para-hydroxylation sites is 1. The zero-order valence-electron chi connectivity index (χ0n) is 13.6. The van der Waals surface area contributed by atoms with Gasteiger partial charge >= 0.3 is 0 Å². The van der Waals surface area contributed by atoms with E-state index in [2.05, 4.69) is 49.6 Å². The summed E-state index contributed by atoms with van der Waals surface area (Å²) in [4.78, 5) is 2.55. The topological polar surface area (TPSA) is 38.5 Å². The quantitative estimate of drug-likeness (QED) is 0.906. The van der Waals surface area contributed by atoms with Gasteiger partial charge in [0.15, 0.2) is 0 Å². The number of ether oxygens (including phenoxy) is 1. The summed E-state index contributed by atoms with van der Waals surface area (Å²) < 4.78 is 5.58. The third-order valence-corrected chi connectivity index (χ3v) is 5.40. The standard InChI is InChI=1S/C17H28N2OS/c1-5-15(18)17(14-8-6-7-9-16(14)20-4)19-10-12(2)21-13(3)11-19/h6-9,12-13,15,17H,5,10-11,18H2,1-4H3. The Hall–Kier alpha value is -0.710. The van der Waals surface area contributed by atoms with Crippen LogP contribution in [0.5, 0.6) is 5.75 Å². The Kier molecular flexibility index (Phi) is 5.97. The molecule has 1 aromatic carbocycles. The lowest BCUT2D eigenvalue weighted by Crippen LogP contribution is -2.48. The monoisotopic (exact) mass is 308 g/mol. The normalized spacial score (nSPS) is 26.3. The molecule has 1 heterocycles. The van der Waals surface area contributed by atoms with E-state index in [-0.39, 0.29) is 12.1 Å². The Balaban J connectivity index is 2.34. The summed E-state index contributed by atoms with van der Waals surface area (Å²) in [6, 6.07) is 8.67. The van der Waals surface area contributed by atoms with Crippen molar-refractivity contribution >= 4 is 11.8 Å². The Morgan fingerprint density at radius 3 is 2.48 bits per heavy atom. The third kappa shape index (κ3) is 3.93. The first-order chi connectivity index (χ1) is 10.1. The molecule has 2 N–H and O–H groups in total. The predicted molar refractivity (Wildman–Crippen MR) is 92.1 cm³/mol. The lowest BCUT2D eigenvalue weighted by Gasteiger charge is -2.42. The molecule has 1 saturated heterocycles. The minimum Gasteiger partial charge on any atom is -0.496 e. The molecule has 1 fully saturated rings. The summed E-state index contributed by atoms with van der Waals surface area (Å²) in [6.45, 7) is 8.96. The van der Waals surface area contributed by atoms with Gasteiger partial charge in [0, 0.05) is 35.2 Å². The van der Waals surface area contributed by atoms with Gasteiger partial charge in [-0.3, -0.25) is 4.90 Å². The first-order valence-corrected chi connectivity index (χ1v) is 8.79. The average molecular weight is 308 g/mol. The van der Waals surface area contributed by atoms with E-state index in [0.29, 0.717) is 10.5 Å². The molecule has 1 aliphatic rings. The highest BCUT2D eigenvalue weighted by Gasteiger charge is 2.33. The SMILES string of the molecule is CCC(N)C(c1ccccc1OC)N1CC(C)SC(C)C1. The van der Waals surface area contributed by atoms with Crippen molar-refractivity contribution in [2.45, 2.75) is 49.8 Å². The molecule has 0 aromatic heterocycles. The molecule has 1 aliphatic heterocycles. The van der Waals surface area contributed by atoms with Crippen LogP contribution in [0.2, 0.25) is 0 Å². The Labute approximate surface area is 133 Å². The van der Waals surface area contributed by atoms with Crippen molar-refractivity contribution in [3.8, 4) is 5.75 Å². The number of methoxy groups -OCH3 is 1. The number of nitrogens with two attached hydrogens (primary N) is 1. The molecule has 1 aromatic rings. The van der Waals surface area contributed by atoms with E-state index in [4.69, 9.17) is 10.5 Å². The third-order valence-electron chi connectivity index (χ3n) is 4.18. The van der Waals surface area contributed by atoms with Crippen molar-refractivity contribution in [1.82, 2.24) is 4.90 Å². The molecular weight excluding hydrogens is 280 g/mol. The maximum absolute atomic E-state index is 6.49. The van der Waals surface area contributed by atoms with E-state index in [9.17, 15) is 0 Å². The summed E-state index contributed by atoms with van der Waals surface area (Å²) in [6.07, 6.45) is 0.967. The number of benzene rings is 1. The fourth-order valence-corrected chi connectivity index (χ4v) is 4.63. The second-order valence-electron chi connectivity index (χ2n) is 5.97. The zero-order valence-corrected chi connectivity index (χ0v) is 14.4. The van der Waals surface area contributed by atoms with E-state index in [0.717, 1.165) is 25.3 Å². The van der Waals surface area contributed by atoms with Crippen LogP contribution in [0.25, 0.3) is 0 Å². The molecule has 0 spiro atoms. The molecular formula is C17H28N2OS. The van der Waals surface area contributed by atoms with E-state index in [1.54, 1.807) is 7.11 Å². The second-order valence-corrected chi connectivity index (χ2v) is 7.85. The Morgan fingerprint density at radius 2 is 1.90 bits per heavy atom. The summed E-state index contributed by atoms with van der Waals surface area (Å²) in [5, 5.41) is 1.30. The first kappa shape index (κ1) is 16.7. The minimum atomic E-state index is 0.129. The largest absolute Gasteiger partial charge is 0.496 e. The van der Waals surface area contributed by atoms with Crippen molar-refractivity contribution in [3.05, 3.63) is 29.8 Å². The Bertz CT molecular complexity index is 444. The first-order valence-electron chi connectivity index (χ1n) is 7.84. The molecule has 4 heteroatoms. The minimum absolute atomic E-state index is 0.129. The molecule has 0 saturated carbocycles. The lowest BCUT2D eigenvalue weighted by atomic mass is 9.95. The van der Waals surface area contributed by atoms with Crippen molar-refractivity contribution in [2.24, 2.45) is 5.73 Å². The molecule has 0 bridgehead atoms. The van der Waals surface area contributed by atoms with Gasteiger partial charge in [-0.05, 0) is 12.5 Å². The molecule has 4 unspecified atom stereocenters. The van der Waals surface area contributed by atoms with Crippen LogP contribution < -0.4 is 10.5 Å². The van der Waals surface area contributed by atoms with Crippen LogP contribution in [0.3, 0.4) is 0 Å². The molecule has 21 heavy (non-hydrogen) atoms. The van der Waals surface area contributed by atoms with Crippen molar-refractivity contribution < 1.29 is 4.74 Å². The van der Waals surface area contributed by atoms with Gasteiger partial charge in [0.2, 0.25) is 0 Å². The fourth-order valence-electron chi connectivity index (χ4n) is 3.28. The highest BCUT2D eigenvalue weighted by atomic mass is 32.2. The lowest BCUT2D eigenvalue weighted by molar-refractivity contribution is 0.164. The van der Waals surface area contributed by atoms with Gasteiger partial charge in [-0.2, -0.15) is 11.8 Å². The van der Waals surface area contributed by atoms with Gasteiger partial charge in [0.05, 0.1) is 13.2 Å². The van der Waals surface area contributed by atoms with Gasteiger partial charge in [-0.25, -0.2) is 0 Å². The van der Waals surface area contributed by atoms with E-state index >= 15 is 0 Å². The fraction of sp³-hybridized carbons (Fsp3) is 0.647. The summed E-state index contributed by atoms with van der Waals surface area (Å²) >= 11 is 2.07. The second kappa shape index (κ2) is 7.52. The summed E-state index contributed by atoms with van der Waals surface area (Å²) in [7, 11) is 1.74.